The van der Waals surface area contributed by atoms with Crippen LogP contribution in [0.3, 0.4) is 0 Å². The molecule has 0 atom stereocenters. The first-order chi connectivity index (χ1) is 7.72. The van der Waals surface area contributed by atoms with Crippen LogP contribution >= 0.6 is 0 Å². The summed E-state index contributed by atoms with van der Waals surface area (Å²) in [6.45, 7) is 3.11. The molecule has 0 saturated carbocycles. The minimum absolute atomic E-state index is 0.117. The summed E-state index contributed by atoms with van der Waals surface area (Å²) in [7, 11) is 1.47. The average Bonchev–Trinajstić information content (AvgIpc) is 2.29. The van der Waals surface area contributed by atoms with E-state index in [0.29, 0.717) is 11.4 Å². The second-order valence-electron chi connectivity index (χ2n) is 3.72. The van der Waals surface area contributed by atoms with Gasteiger partial charge in [0.1, 0.15) is 17.2 Å². The molecular weight excluding hydrogens is 211 g/mol. The van der Waals surface area contributed by atoms with Crippen LogP contribution in [-0.2, 0) is 0 Å². The molecule has 1 aliphatic rings. The van der Waals surface area contributed by atoms with Gasteiger partial charge in [0.15, 0.2) is 5.82 Å². The summed E-state index contributed by atoms with van der Waals surface area (Å²) in [5.74, 6) is -0.189. The first-order valence-electron chi connectivity index (χ1n) is 5.24. The van der Waals surface area contributed by atoms with Crippen molar-refractivity contribution >= 4 is 5.69 Å². The highest BCUT2D eigenvalue weighted by Crippen LogP contribution is 2.34. The molecule has 1 aromatic carbocycles. The Morgan fingerprint density at radius 3 is 2.69 bits per heavy atom. The maximum absolute atomic E-state index is 13.8. The van der Waals surface area contributed by atoms with Crippen LogP contribution in [0.25, 0.3) is 0 Å². The standard InChI is InChI=1S/C11H15FN2O2/c1-16-10-7-8(15)6-9(12)11(10)14-4-2-13-3-5-14/h6-7,13,15H,2-5H2,1H3. The van der Waals surface area contributed by atoms with E-state index in [0.717, 1.165) is 32.2 Å². The van der Waals surface area contributed by atoms with Crippen molar-refractivity contribution in [3.05, 3.63) is 17.9 Å². The zero-order valence-corrected chi connectivity index (χ0v) is 9.16. The number of piperazine rings is 1. The Bertz CT molecular complexity index is 378. The third kappa shape index (κ3) is 2.04. The van der Waals surface area contributed by atoms with Gasteiger partial charge in [-0.2, -0.15) is 0 Å². The van der Waals surface area contributed by atoms with E-state index >= 15 is 0 Å². The maximum Gasteiger partial charge on any atom is 0.154 e. The van der Waals surface area contributed by atoms with E-state index in [1.807, 2.05) is 4.90 Å². The SMILES string of the molecule is COc1cc(O)cc(F)c1N1CCNCC1. The monoisotopic (exact) mass is 226 g/mol. The number of halogens is 1. The fourth-order valence-electron chi connectivity index (χ4n) is 1.91. The zero-order valence-electron chi connectivity index (χ0n) is 9.16. The predicted molar refractivity (Wildman–Crippen MR) is 59.7 cm³/mol. The Morgan fingerprint density at radius 2 is 2.06 bits per heavy atom. The van der Waals surface area contributed by atoms with Gasteiger partial charge < -0.3 is 20.1 Å². The van der Waals surface area contributed by atoms with Crippen LogP contribution < -0.4 is 15.0 Å². The minimum Gasteiger partial charge on any atom is -0.508 e. The molecule has 0 aromatic heterocycles. The lowest BCUT2D eigenvalue weighted by Crippen LogP contribution is -2.44. The molecule has 16 heavy (non-hydrogen) atoms. The van der Waals surface area contributed by atoms with Gasteiger partial charge in [-0.15, -0.1) is 0 Å². The highest BCUT2D eigenvalue weighted by Gasteiger charge is 2.20. The van der Waals surface area contributed by atoms with Crippen molar-refractivity contribution in [3.8, 4) is 11.5 Å². The Balaban J connectivity index is 2.37. The third-order valence-electron chi connectivity index (χ3n) is 2.67. The summed E-state index contributed by atoms with van der Waals surface area (Å²) in [6, 6.07) is 2.54. The lowest BCUT2D eigenvalue weighted by Gasteiger charge is -2.30. The second kappa shape index (κ2) is 4.57. The topological polar surface area (TPSA) is 44.7 Å². The number of benzene rings is 1. The number of phenols is 1. The molecule has 2 rings (SSSR count). The molecule has 5 heteroatoms. The van der Waals surface area contributed by atoms with Crippen LogP contribution in [0.4, 0.5) is 10.1 Å². The molecule has 1 heterocycles. The van der Waals surface area contributed by atoms with E-state index in [1.54, 1.807) is 0 Å². The number of aromatic hydroxyl groups is 1. The molecule has 0 radical (unpaired) electrons. The lowest BCUT2D eigenvalue weighted by molar-refractivity contribution is 0.400. The number of ether oxygens (including phenoxy) is 1. The number of methoxy groups -OCH3 is 1. The van der Waals surface area contributed by atoms with Crippen LogP contribution in [0.5, 0.6) is 11.5 Å². The molecule has 1 fully saturated rings. The van der Waals surface area contributed by atoms with Crippen molar-refractivity contribution in [1.82, 2.24) is 5.32 Å². The number of hydrogen-bond donors (Lipinski definition) is 2. The van der Waals surface area contributed by atoms with Crippen molar-refractivity contribution in [3.63, 3.8) is 0 Å². The van der Waals surface area contributed by atoms with Crippen molar-refractivity contribution < 1.29 is 14.2 Å². The molecule has 88 valence electrons. The van der Waals surface area contributed by atoms with Crippen LogP contribution in [-0.4, -0.2) is 38.4 Å². The predicted octanol–water partition coefficient (Wildman–Crippen LogP) is 0.949. The highest BCUT2D eigenvalue weighted by molar-refractivity contribution is 5.62. The van der Waals surface area contributed by atoms with E-state index in [9.17, 15) is 9.50 Å². The zero-order chi connectivity index (χ0) is 11.5. The summed E-state index contributed by atoms with van der Waals surface area (Å²) in [5.41, 5.74) is 0.432. The fraction of sp³-hybridized carbons (Fsp3) is 0.455. The van der Waals surface area contributed by atoms with Gasteiger partial charge in [0.05, 0.1) is 7.11 Å². The van der Waals surface area contributed by atoms with Gasteiger partial charge in [0.25, 0.3) is 0 Å². The Labute approximate surface area is 93.6 Å². The van der Waals surface area contributed by atoms with Gasteiger partial charge in [-0.1, -0.05) is 0 Å². The van der Waals surface area contributed by atoms with Gasteiger partial charge in [0, 0.05) is 38.3 Å². The molecule has 0 unspecified atom stereocenters. The number of phenolic OH excluding ortho intramolecular Hbond substituents is 1. The number of hydrogen-bond acceptors (Lipinski definition) is 4. The van der Waals surface area contributed by atoms with Crippen LogP contribution in [0, 0.1) is 5.82 Å². The van der Waals surface area contributed by atoms with Gasteiger partial charge in [-0.05, 0) is 0 Å². The maximum atomic E-state index is 13.8. The Kier molecular flexibility index (Phi) is 3.14. The lowest BCUT2D eigenvalue weighted by atomic mass is 10.2. The number of anilines is 1. The van der Waals surface area contributed by atoms with E-state index in [4.69, 9.17) is 4.74 Å². The molecule has 0 aliphatic carbocycles. The third-order valence-corrected chi connectivity index (χ3v) is 2.67. The molecular formula is C11H15FN2O2. The van der Waals surface area contributed by atoms with Crippen molar-refractivity contribution in [1.29, 1.82) is 0 Å². The number of nitrogens with one attached hydrogen (secondary N) is 1. The van der Waals surface area contributed by atoms with Gasteiger partial charge in [-0.25, -0.2) is 4.39 Å². The number of nitrogens with zero attached hydrogens (tertiary/aromatic N) is 1. The minimum atomic E-state index is -0.446. The van der Waals surface area contributed by atoms with Crippen LogP contribution in [0.2, 0.25) is 0 Å². The fourth-order valence-corrected chi connectivity index (χ4v) is 1.91. The molecule has 0 bridgehead atoms. The quantitative estimate of drug-likeness (QED) is 0.788. The summed E-state index contributed by atoms with van der Waals surface area (Å²) in [6.07, 6.45) is 0. The smallest absolute Gasteiger partial charge is 0.154 e. The average molecular weight is 226 g/mol. The van der Waals surface area contributed by atoms with E-state index in [-0.39, 0.29) is 5.75 Å². The van der Waals surface area contributed by atoms with E-state index < -0.39 is 5.82 Å². The number of rotatable bonds is 2. The molecule has 1 saturated heterocycles. The molecule has 1 aromatic rings. The molecule has 2 N–H and O–H groups in total. The Hall–Kier alpha value is -1.49. The molecule has 1 aliphatic heterocycles. The normalized spacial score (nSPS) is 16.2. The highest BCUT2D eigenvalue weighted by atomic mass is 19.1. The van der Waals surface area contributed by atoms with Gasteiger partial charge >= 0.3 is 0 Å². The van der Waals surface area contributed by atoms with Crippen molar-refractivity contribution in [2.24, 2.45) is 0 Å². The Morgan fingerprint density at radius 1 is 1.38 bits per heavy atom. The van der Waals surface area contributed by atoms with Crippen LogP contribution in [0.15, 0.2) is 12.1 Å². The van der Waals surface area contributed by atoms with Crippen LogP contribution in [0.1, 0.15) is 0 Å². The van der Waals surface area contributed by atoms with Crippen molar-refractivity contribution in [2.45, 2.75) is 0 Å². The van der Waals surface area contributed by atoms with Gasteiger partial charge in [0.2, 0.25) is 0 Å². The summed E-state index contributed by atoms with van der Waals surface area (Å²) >= 11 is 0. The van der Waals surface area contributed by atoms with E-state index in [1.165, 1.54) is 13.2 Å². The summed E-state index contributed by atoms with van der Waals surface area (Å²) in [4.78, 5) is 1.92. The molecule has 0 spiro atoms. The van der Waals surface area contributed by atoms with E-state index in [2.05, 4.69) is 5.32 Å². The van der Waals surface area contributed by atoms with Gasteiger partial charge in [-0.3, -0.25) is 0 Å². The molecule has 4 nitrogen and oxygen atoms in total. The second-order valence-corrected chi connectivity index (χ2v) is 3.72. The first-order valence-corrected chi connectivity index (χ1v) is 5.24. The molecule has 0 amide bonds. The van der Waals surface area contributed by atoms with Crippen molar-refractivity contribution in [2.75, 3.05) is 38.2 Å². The summed E-state index contributed by atoms with van der Waals surface area (Å²) < 4.78 is 18.9. The summed E-state index contributed by atoms with van der Waals surface area (Å²) in [5, 5.41) is 12.5. The first kappa shape index (κ1) is 11.0. The largest absolute Gasteiger partial charge is 0.508 e.